The van der Waals surface area contributed by atoms with Crippen LogP contribution in [0.25, 0.3) is 11.1 Å². The summed E-state index contributed by atoms with van der Waals surface area (Å²) in [6.07, 6.45) is 0. The zero-order valence-corrected chi connectivity index (χ0v) is 14.5. The van der Waals surface area contributed by atoms with Gasteiger partial charge in [-0.3, -0.25) is 4.79 Å². The quantitative estimate of drug-likeness (QED) is 0.722. The largest absolute Gasteiger partial charge is 0.478 e. The molecule has 25 heavy (non-hydrogen) atoms. The Balaban J connectivity index is 2.58. The molecule has 2 aromatic rings. The van der Waals surface area contributed by atoms with Gasteiger partial charge in [-0.2, -0.15) is 0 Å². The van der Waals surface area contributed by atoms with Crippen molar-refractivity contribution in [3.63, 3.8) is 0 Å². The van der Waals surface area contributed by atoms with Crippen molar-refractivity contribution in [2.45, 2.75) is 24.8 Å². The number of amides is 1. The van der Waals surface area contributed by atoms with E-state index >= 15 is 0 Å². The van der Waals surface area contributed by atoms with Gasteiger partial charge in [-0.05, 0) is 55.3 Å². The summed E-state index contributed by atoms with van der Waals surface area (Å²) >= 11 is 0. The molecule has 0 bridgehead atoms. The van der Waals surface area contributed by atoms with Crippen molar-refractivity contribution < 1.29 is 23.1 Å². The highest BCUT2D eigenvalue weighted by Gasteiger charge is 2.19. The van der Waals surface area contributed by atoms with Gasteiger partial charge in [0.25, 0.3) is 0 Å². The Morgan fingerprint density at radius 3 is 2.08 bits per heavy atom. The summed E-state index contributed by atoms with van der Waals surface area (Å²) in [4.78, 5) is 22.3. The fourth-order valence-corrected chi connectivity index (χ4v) is 3.57. The van der Waals surface area contributed by atoms with E-state index in [1.807, 2.05) is 0 Å². The van der Waals surface area contributed by atoms with Crippen LogP contribution in [-0.2, 0) is 10.0 Å². The van der Waals surface area contributed by atoms with Crippen molar-refractivity contribution in [2.75, 3.05) is 0 Å². The fourth-order valence-electron chi connectivity index (χ4n) is 2.25. The number of rotatable bonds is 6. The molecule has 2 rings (SSSR count). The standard InChI is InChI=1S/C17H18N2O5S/c1-10(2)19-25(23,24)15-8-13(7-14(9-15)17(21)22)11-3-5-12(6-4-11)16(18)20/h3-10,19H,1-2H3,(H2,18,20)(H,21,22). The summed E-state index contributed by atoms with van der Waals surface area (Å²) in [5.74, 6) is -1.83. The first-order valence-corrected chi connectivity index (χ1v) is 8.89. The number of hydrogen-bond donors (Lipinski definition) is 3. The Morgan fingerprint density at radius 1 is 1.00 bits per heavy atom. The van der Waals surface area contributed by atoms with E-state index in [2.05, 4.69) is 4.72 Å². The second kappa shape index (κ2) is 7.04. The Bertz CT molecular complexity index is 919. The second-order valence-electron chi connectivity index (χ2n) is 5.77. The van der Waals surface area contributed by atoms with E-state index in [0.717, 1.165) is 6.07 Å². The van der Waals surface area contributed by atoms with Crippen molar-refractivity contribution in [1.82, 2.24) is 4.72 Å². The maximum Gasteiger partial charge on any atom is 0.335 e. The summed E-state index contributed by atoms with van der Waals surface area (Å²) in [6, 6.07) is 9.66. The van der Waals surface area contributed by atoms with Crippen LogP contribution in [0.5, 0.6) is 0 Å². The van der Waals surface area contributed by atoms with E-state index in [1.165, 1.54) is 24.3 Å². The molecule has 7 nitrogen and oxygen atoms in total. The average Bonchev–Trinajstić information content (AvgIpc) is 2.53. The van der Waals surface area contributed by atoms with Gasteiger partial charge in [0.2, 0.25) is 15.9 Å². The number of nitrogens with two attached hydrogens (primary N) is 1. The summed E-state index contributed by atoms with van der Waals surface area (Å²) in [7, 11) is -3.86. The van der Waals surface area contributed by atoms with Crippen LogP contribution in [0, 0.1) is 0 Å². The predicted octanol–water partition coefficient (Wildman–Crippen LogP) is 1.84. The molecule has 0 unspecified atom stereocenters. The van der Waals surface area contributed by atoms with Crippen LogP contribution in [0.4, 0.5) is 0 Å². The molecule has 0 aliphatic rings. The van der Waals surface area contributed by atoms with E-state index in [-0.39, 0.29) is 16.5 Å². The van der Waals surface area contributed by atoms with Gasteiger partial charge in [-0.15, -0.1) is 0 Å². The van der Waals surface area contributed by atoms with Crippen molar-refractivity contribution in [3.8, 4) is 11.1 Å². The highest BCUT2D eigenvalue weighted by Crippen LogP contribution is 2.25. The van der Waals surface area contributed by atoms with E-state index in [9.17, 15) is 23.1 Å². The molecular weight excluding hydrogens is 344 g/mol. The van der Waals surface area contributed by atoms with Crippen LogP contribution < -0.4 is 10.5 Å². The number of sulfonamides is 1. The number of benzene rings is 2. The predicted molar refractivity (Wildman–Crippen MR) is 92.8 cm³/mol. The number of carbonyl (C=O) groups excluding carboxylic acids is 1. The Morgan fingerprint density at radius 2 is 1.60 bits per heavy atom. The summed E-state index contributed by atoms with van der Waals surface area (Å²) < 4.78 is 27.2. The number of carboxylic acids is 1. The van der Waals surface area contributed by atoms with E-state index in [4.69, 9.17) is 5.73 Å². The first-order valence-electron chi connectivity index (χ1n) is 7.41. The topological polar surface area (TPSA) is 127 Å². The molecule has 132 valence electrons. The smallest absolute Gasteiger partial charge is 0.335 e. The third kappa shape index (κ3) is 4.43. The zero-order chi connectivity index (χ0) is 18.8. The molecule has 0 aliphatic carbocycles. The number of hydrogen-bond acceptors (Lipinski definition) is 4. The monoisotopic (exact) mass is 362 g/mol. The highest BCUT2D eigenvalue weighted by molar-refractivity contribution is 7.89. The average molecular weight is 362 g/mol. The van der Waals surface area contributed by atoms with Gasteiger partial charge in [-0.25, -0.2) is 17.9 Å². The molecule has 4 N–H and O–H groups in total. The Labute approximate surface area is 145 Å². The first kappa shape index (κ1) is 18.6. The highest BCUT2D eigenvalue weighted by atomic mass is 32.2. The van der Waals surface area contributed by atoms with Crippen LogP contribution in [-0.4, -0.2) is 31.4 Å². The van der Waals surface area contributed by atoms with Crippen molar-refractivity contribution in [2.24, 2.45) is 5.73 Å². The number of primary amides is 1. The zero-order valence-electron chi connectivity index (χ0n) is 13.7. The minimum Gasteiger partial charge on any atom is -0.478 e. The maximum atomic E-state index is 12.4. The number of nitrogens with one attached hydrogen (secondary N) is 1. The van der Waals surface area contributed by atoms with Gasteiger partial charge in [-0.1, -0.05) is 12.1 Å². The SMILES string of the molecule is CC(C)NS(=O)(=O)c1cc(C(=O)O)cc(-c2ccc(C(N)=O)cc2)c1. The van der Waals surface area contributed by atoms with Gasteiger partial charge >= 0.3 is 5.97 Å². The van der Waals surface area contributed by atoms with Gasteiger partial charge in [0.05, 0.1) is 10.5 Å². The van der Waals surface area contributed by atoms with E-state index in [1.54, 1.807) is 26.0 Å². The van der Waals surface area contributed by atoms with Crippen LogP contribution in [0.3, 0.4) is 0 Å². The number of carboxylic acid groups (broad SMARTS) is 1. The van der Waals surface area contributed by atoms with Crippen molar-refractivity contribution in [1.29, 1.82) is 0 Å². The lowest BCUT2D eigenvalue weighted by molar-refractivity contribution is 0.0696. The minimum atomic E-state index is -3.86. The molecule has 2 aromatic carbocycles. The third-order valence-corrected chi connectivity index (χ3v) is 5.00. The van der Waals surface area contributed by atoms with Crippen LogP contribution in [0.1, 0.15) is 34.6 Å². The van der Waals surface area contributed by atoms with E-state index < -0.39 is 21.9 Å². The van der Waals surface area contributed by atoms with Gasteiger partial charge in [0.15, 0.2) is 0 Å². The number of aromatic carboxylic acids is 1. The Kier molecular flexibility index (Phi) is 5.24. The minimum absolute atomic E-state index is 0.143. The normalized spacial score (nSPS) is 11.5. The lowest BCUT2D eigenvalue weighted by Gasteiger charge is -2.12. The maximum absolute atomic E-state index is 12.4. The summed E-state index contributed by atoms with van der Waals surface area (Å²) in [6.45, 7) is 3.34. The molecule has 8 heteroatoms. The molecule has 0 saturated heterocycles. The molecule has 0 radical (unpaired) electrons. The van der Waals surface area contributed by atoms with Crippen LogP contribution >= 0.6 is 0 Å². The fraction of sp³-hybridized carbons (Fsp3) is 0.176. The lowest BCUT2D eigenvalue weighted by atomic mass is 10.0. The first-order chi connectivity index (χ1) is 11.6. The Hall–Kier alpha value is -2.71. The second-order valence-corrected chi connectivity index (χ2v) is 7.48. The molecular formula is C17H18N2O5S. The lowest BCUT2D eigenvalue weighted by Crippen LogP contribution is -2.30. The molecule has 0 fully saturated rings. The molecule has 0 saturated carbocycles. The van der Waals surface area contributed by atoms with E-state index in [0.29, 0.717) is 16.7 Å². The van der Waals surface area contributed by atoms with Crippen LogP contribution in [0.15, 0.2) is 47.4 Å². The molecule has 1 amide bonds. The molecule has 0 heterocycles. The van der Waals surface area contributed by atoms with Gasteiger partial charge in [0.1, 0.15) is 0 Å². The molecule has 0 atom stereocenters. The third-order valence-electron chi connectivity index (χ3n) is 3.36. The van der Waals surface area contributed by atoms with Crippen molar-refractivity contribution >= 4 is 21.9 Å². The van der Waals surface area contributed by atoms with Gasteiger partial charge in [0, 0.05) is 11.6 Å². The molecule has 0 aliphatic heterocycles. The molecule has 0 spiro atoms. The van der Waals surface area contributed by atoms with Crippen molar-refractivity contribution in [3.05, 3.63) is 53.6 Å². The van der Waals surface area contributed by atoms with Crippen LogP contribution in [0.2, 0.25) is 0 Å². The number of carbonyl (C=O) groups is 2. The summed E-state index contributed by atoms with van der Waals surface area (Å²) in [5.41, 5.74) is 6.30. The molecule has 0 aromatic heterocycles. The summed E-state index contributed by atoms with van der Waals surface area (Å²) in [5, 5.41) is 9.27. The van der Waals surface area contributed by atoms with Gasteiger partial charge < -0.3 is 10.8 Å².